The molecule has 0 saturated heterocycles. The molecule has 0 aliphatic carbocycles. The molecule has 0 spiro atoms. The number of hydrogen-bond donors (Lipinski definition) is 1. The lowest BCUT2D eigenvalue weighted by Crippen LogP contribution is -2.10. The van der Waals surface area contributed by atoms with Crippen LogP contribution >= 0.6 is 22.6 Å². The zero-order valence-corrected chi connectivity index (χ0v) is 9.91. The Morgan fingerprint density at radius 1 is 1.46 bits per heavy atom. The Morgan fingerprint density at radius 3 is 2.46 bits per heavy atom. The third kappa shape index (κ3) is 3.48. The predicted octanol–water partition coefficient (Wildman–Crippen LogP) is 3.26. The van der Waals surface area contributed by atoms with Gasteiger partial charge in [0.1, 0.15) is 0 Å². The summed E-state index contributed by atoms with van der Waals surface area (Å²) >= 11 is 2.29. The Morgan fingerprint density at radius 2 is 2.00 bits per heavy atom. The van der Waals surface area contributed by atoms with Gasteiger partial charge >= 0.3 is 0 Å². The molecule has 0 aromatic heterocycles. The average molecular weight is 287 g/mol. The summed E-state index contributed by atoms with van der Waals surface area (Å²) in [5, 5.41) is 0. The van der Waals surface area contributed by atoms with Gasteiger partial charge in [0.05, 0.1) is 0 Å². The molecule has 0 amide bonds. The fraction of sp³-hybridized carbons (Fsp3) is 0.273. The SMILES string of the molecule is C=C(C)C[C@@H](N)c1ccc(I)cc1. The van der Waals surface area contributed by atoms with E-state index in [-0.39, 0.29) is 6.04 Å². The maximum absolute atomic E-state index is 5.98. The number of rotatable bonds is 3. The van der Waals surface area contributed by atoms with E-state index in [0.717, 1.165) is 12.0 Å². The number of halogens is 1. The molecule has 0 aliphatic rings. The normalized spacial score (nSPS) is 12.5. The summed E-state index contributed by atoms with van der Waals surface area (Å²) in [4.78, 5) is 0. The summed E-state index contributed by atoms with van der Waals surface area (Å²) in [5.41, 5.74) is 8.30. The zero-order chi connectivity index (χ0) is 9.84. The van der Waals surface area contributed by atoms with Gasteiger partial charge in [-0.25, -0.2) is 0 Å². The lowest BCUT2D eigenvalue weighted by Gasteiger charge is -2.11. The van der Waals surface area contributed by atoms with Gasteiger partial charge in [-0.05, 0) is 53.6 Å². The van der Waals surface area contributed by atoms with Crippen LogP contribution in [0.5, 0.6) is 0 Å². The van der Waals surface area contributed by atoms with Crippen LogP contribution in [0.3, 0.4) is 0 Å². The van der Waals surface area contributed by atoms with Crippen LogP contribution in [-0.2, 0) is 0 Å². The molecular formula is C11H14IN. The predicted molar refractivity (Wildman–Crippen MR) is 65.5 cm³/mol. The number of benzene rings is 1. The van der Waals surface area contributed by atoms with Crippen molar-refractivity contribution in [3.8, 4) is 0 Å². The lowest BCUT2D eigenvalue weighted by molar-refractivity contribution is 0.717. The van der Waals surface area contributed by atoms with Gasteiger partial charge in [-0.15, -0.1) is 6.58 Å². The molecule has 0 heterocycles. The minimum atomic E-state index is 0.0921. The molecule has 70 valence electrons. The molecule has 2 N–H and O–H groups in total. The summed E-state index contributed by atoms with van der Waals surface area (Å²) in [6.07, 6.45) is 0.862. The highest BCUT2D eigenvalue weighted by Crippen LogP contribution is 2.18. The summed E-state index contributed by atoms with van der Waals surface area (Å²) < 4.78 is 1.24. The van der Waals surface area contributed by atoms with E-state index in [4.69, 9.17) is 5.73 Å². The topological polar surface area (TPSA) is 26.0 Å². The first kappa shape index (κ1) is 10.7. The van der Waals surface area contributed by atoms with Crippen molar-refractivity contribution in [1.29, 1.82) is 0 Å². The van der Waals surface area contributed by atoms with E-state index in [2.05, 4.69) is 53.4 Å². The fourth-order valence-electron chi connectivity index (χ4n) is 1.20. The highest BCUT2D eigenvalue weighted by atomic mass is 127. The molecule has 1 aromatic rings. The molecule has 0 saturated carbocycles. The highest BCUT2D eigenvalue weighted by Gasteiger charge is 2.04. The van der Waals surface area contributed by atoms with Gasteiger partial charge in [-0.2, -0.15) is 0 Å². The molecule has 0 aliphatic heterocycles. The van der Waals surface area contributed by atoms with Crippen LogP contribution in [-0.4, -0.2) is 0 Å². The second kappa shape index (κ2) is 4.77. The van der Waals surface area contributed by atoms with Crippen molar-refractivity contribution < 1.29 is 0 Å². The fourth-order valence-corrected chi connectivity index (χ4v) is 1.56. The Kier molecular flexibility index (Phi) is 3.93. The maximum Gasteiger partial charge on any atom is 0.0332 e. The van der Waals surface area contributed by atoms with Crippen molar-refractivity contribution in [1.82, 2.24) is 0 Å². The van der Waals surface area contributed by atoms with E-state index in [1.165, 1.54) is 9.13 Å². The van der Waals surface area contributed by atoms with Gasteiger partial charge in [0.15, 0.2) is 0 Å². The first-order chi connectivity index (χ1) is 6.09. The molecular weight excluding hydrogens is 273 g/mol. The van der Waals surface area contributed by atoms with Crippen LogP contribution < -0.4 is 5.73 Å². The summed E-state index contributed by atoms with van der Waals surface area (Å²) in [6.45, 7) is 5.86. The van der Waals surface area contributed by atoms with Crippen LogP contribution in [0, 0.1) is 3.57 Å². The average Bonchev–Trinajstić information content (AvgIpc) is 2.04. The Balaban J connectivity index is 2.71. The van der Waals surface area contributed by atoms with E-state index in [9.17, 15) is 0 Å². The van der Waals surface area contributed by atoms with Crippen molar-refractivity contribution in [3.05, 3.63) is 45.6 Å². The first-order valence-electron chi connectivity index (χ1n) is 4.25. The van der Waals surface area contributed by atoms with Crippen molar-refractivity contribution in [2.75, 3.05) is 0 Å². The molecule has 1 nitrogen and oxygen atoms in total. The summed E-state index contributed by atoms with van der Waals surface area (Å²) in [5.74, 6) is 0. The molecule has 2 heteroatoms. The molecule has 0 unspecified atom stereocenters. The molecule has 13 heavy (non-hydrogen) atoms. The molecule has 1 atom stereocenters. The zero-order valence-electron chi connectivity index (χ0n) is 7.76. The molecule has 1 rings (SSSR count). The van der Waals surface area contributed by atoms with E-state index in [1.807, 2.05) is 6.92 Å². The van der Waals surface area contributed by atoms with Gasteiger partial charge in [0, 0.05) is 9.61 Å². The largest absolute Gasteiger partial charge is 0.324 e. The molecule has 0 radical (unpaired) electrons. The van der Waals surface area contributed by atoms with Crippen molar-refractivity contribution in [2.24, 2.45) is 5.73 Å². The van der Waals surface area contributed by atoms with Crippen molar-refractivity contribution in [3.63, 3.8) is 0 Å². The highest BCUT2D eigenvalue weighted by molar-refractivity contribution is 14.1. The van der Waals surface area contributed by atoms with Crippen LogP contribution in [0.4, 0.5) is 0 Å². The van der Waals surface area contributed by atoms with Gasteiger partial charge < -0.3 is 5.73 Å². The third-order valence-electron chi connectivity index (χ3n) is 1.87. The Labute approximate surface area is 93.2 Å². The lowest BCUT2D eigenvalue weighted by atomic mass is 10.0. The minimum Gasteiger partial charge on any atom is -0.324 e. The number of hydrogen-bond acceptors (Lipinski definition) is 1. The van der Waals surface area contributed by atoms with E-state index in [1.54, 1.807) is 0 Å². The number of nitrogens with two attached hydrogens (primary N) is 1. The summed E-state index contributed by atoms with van der Waals surface area (Å²) in [7, 11) is 0. The van der Waals surface area contributed by atoms with Gasteiger partial charge in [0.2, 0.25) is 0 Å². The van der Waals surface area contributed by atoms with E-state index in [0.29, 0.717) is 0 Å². The van der Waals surface area contributed by atoms with Crippen LogP contribution in [0.15, 0.2) is 36.4 Å². The van der Waals surface area contributed by atoms with Gasteiger partial charge in [-0.1, -0.05) is 17.7 Å². The van der Waals surface area contributed by atoms with Gasteiger partial charge in [0.25, 0.3) is 0 Å². The van der Waals surface area contributed by atoms with Crippen molar-refractivity contribution >= 4 is 22.6 Å². The van der Waals surface area contributed by atoms with E-state index < -0.39 is 0 Å². The van der Waals surface area contributed by atoms with Crippen LogP contribution in [0.1, 0.15) is 24.9 Å². The summed E-state index contributed by atoms with van der Waals surface area (Å²) in [6, 6.07) is 8.40. The molecule has 0 fully saturated rings. The van der Waals surface area contributed by atoms with Crippen molar-refractivity contribution in [2.45, 2.75) is 19.4 Å². The second-order valence-corrected chi connectivity index (χ2v) is 4.56. The Bertz CT molecular complexity index is 289. The standard InChI is InChI=1S/C11H14IN/c1-8(2)7-11(13)9-3-5-10(12)6-4-9/h3-6,11H,1,7,13H2,2H3/t11-/m1/s1. The van der Waals surface area contributed by atoms with Gasteiger partial charge in [-0.3, -0.25) is 0 Å². The van der Waals surface area contributed by atoms with E-state index >= 15 is 0 Å². The third-order valence-corrected chi connectivity index (χ3v) is 2.59. The minimum absolute atomic E-state index is 0.0921. The first-order valence-corrected chi connectivity index (χ1v) is 5.33. The molecule has 1 aromatic carbocycles. The van der Waals surface area contributed by atoms with Crippen LogP contribution in [0.25, 0.3) is 0 Å². The second-order valence-electron chi connectivity index (χ2n) is 3.32. The maximum atomic E-state index is 5.98. The molecule has 0 bridgehead atoms. The quantitative estimate of drug-likeness (QED) is 0.670. The monoisotopic (exact) mass is 287 g/mol. The van der Waals surface area contributed by atoms with Crippen LogP contribution in [0.2, 0.25) is 0 Å². The Hall–Kier alpha value is -0.350. The smallest absolute Gasteiger partial charge is 0.0332 e.